The number of nitrogens with zero attached hydrogens (tertiary/aromatic N) is 2. The van der Waals surface area contributed by atoms with Gasteiger partial charge in [0.05, 0.1) is 12.2 Å². The van der Waals surface area contributed by atoms with Gasteiger partial charge in [-0.15, -0.1) is 0 Å². The molecule has 4 heterocycles. The molecule has 6 heteroatoms. The molecule has 1 aromatic heterocycles. The molecular weight excluding hydrogens is 345 g/mol. The lowest BCUT2D eigenvalue weighted by molar-refractivity contribution is -0.363. The van der Waals surface area contributed by atoms with E-state index in [4.69, 9.17) is 4.74 Å². The Labute approximate surface area is 157 Å². The van der Waals surface area contributed by atoms with Crippen LogP contribution in [0.25, 0.3) is 5.57 Å². The summed E-state index contributed by atoms with van der Waals surface area (Å²) in [6, 6.07) is 7.92. The zero-order chi connectivity index (χ0) is 19.1. The van der Waals surface area contributed by atoms with Gasteiger partial charge in [0.25, 0.3) is 0 Å². The van der Waals surface area contributed by atoms with Crippen LogP contribution in [0.1, 0.15) is 41.9 Å². The van der Waals surface area contributed by atoms with Crippen molar-refractivity contribution < 1.29 is 17.9 Å². The molecule has 0 saturated carbocycles. The summed E-state index contributed by atoms with van der Waals surface area (Å²) in [7, 11) is 0. The van der Waals surface area contributed by atoms with Crippen molar-refractivity contribution in [1.82, 2.24) is 4.48 Å². The van der Waals surface area contributed by atoms with Crippen LogP contribution in [0.2, 0.25) is 0 Å². The van der Waals surface area contributed by atoms with Crippen LogP contribution in [0.15, 0.2) is 41.6 Å². The highest BCUT2D eigenvalue weighted by Crippen LogP contribution is 2.44. The van der Waals surface area contributed by atoms with Gasteiger partial charge >= 0.3 is 6.97 Å². The molecule has 0 unspecified atom stereocenters. The maximum atomic E-state index is 15.6. The van der Waals surface area contributed by atoms with Crippen LogP contribution in [0.5, 0.6) is 5.75 Å². The Bertz CT molecular complexity index is 1120. The van der Waals surface area contributed by atoms with Gasteiger partial charge in [0.15, 0.2) is 5.70 Å². The molecule has 0 atom stereocenters. The standard InChI is InChI=1S/C21H21BF2N2O/c1-12-9-14(3)25-20(12)19(17-5-6-18-16(11-17)7-8-27-18)21-13(2)10-15(4)26(21)22(25,23)24/h5-6,9-11H,7-8H2,1-4H3. The van der Waals surface area contributed by atoms with E-state index in [1.54, 1.807) is 13.8 Å². The molecule has 3 aliphatic heterocycles. The Hall–Kier alpha value is -2.63. The van der Waals surface area contributed by atoms with Gasteiger partial charge < -0.3 is 22.3 Å². The first-order valence-corrected chi connectivity index (χ1v) is 9.34. The van der Waals surface area contributed by atoms with Crippen molar-refractivity contribution in [3.8, 4) is 5.75 Å². The third kappa shape index (κ3) is 2.04. The highest BCUT2D eigenvalue weighted by molar-refractivity contribution is 6.58. The van der Waals surface area contributed by atoms with E-state index in [0.29, 0.717) is 29.4 Å². The van der Waals surface area contributed by atoms with Gasteiger partial charge in [-0.2, -0.15) is 0 Å². The lowest BCUT2D eigenvalue weighted by Gasteiger charge is -2.34. The molecular formula is C21H21BF2N2O. The minimum atomic E-state index is -3.92. The number of aryl methyl sites for hydroxylation is 2. The van der Waals surface area contributed by atoms with E-state index in [-0.39, 0.29) is 0 Å². The Morgan fingerprint density at radius 3 is 2.67 bits per heavy atom. The van der Waals surface area contributed by atoms with E-state index in [0.717, 1.165) is 40.0 Å². The van der Waals surface area contributed by atoms with E-state index in [2.05, 4.69) is 6.07 Å². The van der Waals surface area contributed by atoms with E-state index in [1.807, 2.05) is 38.1 Å². The summed E-state index contributed by atoms with van der Waals surface area (Å²) in [5.41, 5.74) is 7.19. The Morgan fingerprint density at radius 1 is 1.11 bits per heavy atom. The van der Waals surface area contributed by atoms with Crippen LogP contribution >= 0.6 is 0 Å². The van der Waals surface area contributed by atoms with Crippen molar-refractivity contribution in [2.75, 3.05) is 6.61 Å². The van der Waals surface area contributed by atoms with Crippen LogP contribution in [0.4, 0.5) is 8.63 Å². The number of halogens is 2. The smallest absolute Gasteiger partial charge is 0.493 e. The fourth-order valence-corrected chi connectivity index (χ4v) is 4.91. The maximum Gasteiger partial charge on any atom is 0.737 e. The monoisotopic (exact) mass is 366 g/mol. The molecule has 0 fully saturated rings. The molecule has 27 heavy (non-hydrogen) atoms. The van der Waals surface area contributed by atoms with E-state index < -0.39 is 6.97 Å². The topological polar surface area (TPSA) is 17.2 Å². The van der Waals surface area contributed by atoms with E-state index in [9.17, 15) is 0 Å². The average molecular weight is 366 g/mol. The highest BCUT2D eigenvalue weighted by atomic mass is 19.2. The predicted octanol–water partition coefficient (Wildman–Crippen LogP) is 4.47. The summed E-state index contributed by atoms with van der Waals surface area (Å²) in [4.78, 5) is 0. The lowest BCUT2D eigenvalue weighted by atomic mass is 9.83. The molecule has 0 aliphatic carbocycles. The summed E-state index contributed by atoms with van der Waals surface area (Å²) in [5.74, 6) is 0.899. The second-order valence-electron chi connectivity index (χ2n) is 7.76. The van der Waals surface area contributed by atoms with Crippen molar-refractivity contribution in [3.63, 3.8) is 0 Å². The second-order valence-corrected chi connectivity index (χ2v) is 7.76. The fraction of sp³-hybridized carbons (Fsp3) is 0.286. The van der Waals surface area contributed by atoms with E-state index >= 15 is 8.63 Å². The summed E-state index contributed by atoms with van der Waals surface area (Å²) in [5, 5.41) is 0. The number of hydrogen-bond acceptors (Lipinski definition) is 1. The van der Waals surface area contributed by atoms with Gasteiger partial charge in [-0.3, -0.25) is 0 Å². The largest absolute Gasteiger partial charge is 0.737 e. The van der Waals surface area contributed by atoms with Crippen LogP contribution in [-0.4, -0.2) is 28.3 Å². The predicted molar refractivity (Wildman–Crippen MR) is 104 cm³/mol. The lowest BCUT2D eigenvalue weighted by Crippen LogP contribution is -2.51. The van der Waals surface area contributed by atoms with Gasteiger partial charge in [-0.25, -0.2) is 0 Å². The SMILES string of the molecule is CC1=CC(C)=[N+]2C1=C(c1ccc3c(c1)CCO3)c1c(C)cc(C)n1[B-]2(F)F. The summed E-state index contributed by atoms with van der Waals surface area (Å²) in [6.07, 6.45) is 2.72. The molecule has 138 valence electrons. The number of hydrogen-bond donors (Lipinski definition) is 0. The van der Waals surface area contributed by atoms with Crippen LogP contribution in [0.3, 0.4) is 0 Å². The molecule has 0 N–H and O–H groups in total. The van der Waals surface area contributed by atoms with Crippen LogP contribution in [0, 0.1) is 13.8 Å². The van der Waals surface area contributed by atoms with Gasteiger partial charge in [0.2, 0.25) is 0 Å². The normalized spacial score (nSPS) is 19.7. The van der Waals surface area contributed by atoms with Crippen molar-refractivity contribution in [1.29, 1.82) is 0 Å². The minimum absolute atomic E-state index is 0.589. The molecule has 3 nitrogen and oxygen atoms in total. The average Bonchev–Trinajstić information content (AvgIpc) is 3.25. The Balaban J connectivity index is 1.90. The number of benzene rings is 1. The third-order valence-electron chi connectivity index (χ3n) is 5.91. The number of rotatable bonds is 1. The van der Waals surface area contributed by atoms with Crippen LogP contribution < -0.4 is 4.74 Å². The van der Waals surface area contributed by atoms with Crippen molar-refractivity contribution >= 4 is 18.3 Å². The van der Waals surface area contributed by atoms with Crippen molar-refractivity contribution in [2.24, 2.45) is 0 Å². The van der Waals surface area contributed by atoms with Crippen molar-refractivity contribution in [3.05, 3.63) is 69.7 Å². The summed E-state index contributed by atoms with van der Waals surface area (Å²) >= 11 is 0. The molecule has 3 aliphatic rings. The molecule has 2 aromatic rings. The second kappa shape index (κ2) is 5.21. The molecule has 1 aromatic carbocycles. The fourth-order valence-electron chi connectivity index (χ4n) is 4.91. The first kappa shape index (κ1) is 16.5. The molecule has 0 spiro atoms. The first-order valence-electron chi connectivity index (χ1n) is 9.34. The summed E-state index contributed by atoms with van der Waals surface area (Å²) in [6.45, 7) is 4.12. The number of ether oxygens (including phenoxy) is 1. The molecule has 0 bridgehead atoms. The van der Waals surface area contributed by atoms with Gasteiger partial charge in [-0.1, -0.05) is 6.07 Å². The summed E-state index contributed by atoms with van der Waals surface area (Å²) < 4.78 is 39.3. The molecule has 0 saturated heterocycles. The van der Waals surface area contributed by atoms with Gasteiger partial charge in [0.1, 0.15) is 11.5 Å². The zero-order valence-corrected chi connectivity index (χ0v) is 15.9. The maximum absolute atomic E-state index is 15.6. The third-order valence-corrected chi connectivity index (χ3v) is 5.91. The van der Waals surface area contributed by atoms with Gasteiger partial charge in [-0.05, 0) is 61.4 Å². The Morgan fingerprint density at radius 2 is 1.89 bits per heavy atom. The Kier molecular flexibility index (Phi) is 3.19. The van der Waals surface area contributed by atoms with Crippen molar-refractivity contribution in [2.45, 2.75) is 34.1 Å². The van der Waals surface area contributed by atoms with E-state index in [1.165, 1.54) is 8.96 Å². The zero-order valence-electron chi connectivity index (χ0n) is 15.9. The molecule has 5 rings (SSSR count). The number of aromatic nitrogens is 1. The van der Waals surface area contributed by atoms with Gasteiger partial charge in [0, 0.05) is 30.7 Å². The first-order chi connectivity index (χ1) is 12.8. The minimum Gasteiger partial charge on any atom is -0.493 e. The molecule has 0 radical (unpaired) electrons. The quantitative estimate of drug-likeness (QED) is 0.681. The highest BCUT2D eigenvalue weighted by Gasteiger charge is 2.55. The number of fused-ring (bicyclic) bond motifs is 3. The van der Waals surface area contributed by atoms with Crippen LogP contribution in [-0.2, 0) is 6.42 Å². The number of allylic oxidation sites excluding steroid dienone is 2. The molecule has 0 amide bonds.